The Labute approximate surface area is 161 Å². The smallest absolute Gasteiger partial charge is 0.191 e. The number of aliphatic imine (C=N–C) groups is 1. The Balaban J connectivity index is 0.00000484. The number of methoxy groups -OCH3 is 2. The van der Waals surface area contributed by atoms with Crippen LogP contribution in [0.4, 0.5) is 0 Å². The second-order valence-corrected chi connectivity index (χ2v) is 5.64. The molecule has 0 atom stereocenters. The average Bonchev–Trinajstić information content (AvgIpc) is 2.56. The highest BCUT2D eigenvalue weighted by Gasteiger charge is 2.04. The van der Waals surface area contributed by atoms with Gasteiger partial charge < -0.3 is 20.1 Å². The minimum atomic E-state index is 0. The molecular weight excluding hydrogens is 425 g/mol. The van der Waals surface area contributed by atoms with Gasteiger partial charge in [-0.05, 0) is 43.0 Å². The highest BCUT2D eigenvalue weighted by Crippen LogP contribution is 2.27. The molecule has 0 saturated carbocycles. The summed E-state index contributed by atoms with van der Waals surface area (Å²) in [6.07, 6.45) is 3.25. The van der Waals surface area contributed by atoms with Crippen LogP contribution in [0.5, 0.6) is 11.5 Å². The molecule has 7 heteroatoms. The number of thioether (sulfide) groups is 1. The number of nitrogens with zero attached hydrogens (tertiary/aromatic N) is 1. The molecule has 5 nitrogen and oxygen atoms in total. The molecule has 1 aromatic carbocycles. The van der Waals surface area contributed by atoms with E-state index in [9.17, 15) is 0 Å². The predicted molar refractivity (Wildman–Crippen MR) is 111 cm³/mol. The lowest BCUT2D eigenvalue weighted by Gasteiger charge is -2.12. The minimum absolute atomic E-state index is 0. The number of ether oxygens (including phenoxy) is 2. The van der Waals surface area contributed by atoms with E-state index in [2.05, 4.69) is 28.8 Å². The Morgan fingerprint density at radius 3 is 2.52 bits per heavy atom. The Hall–Kier alpha value is -0.830. The van der Waals surface area contributed by atoms with Gasteiger partial charge in [0.05, 0.1) is 20.8 Å². The molecule has 0 bridgehead atoms. The van der Waals surface area contributed by atoms with Gasteiger partial charge in [-0.25, -0.2) is 4.99 Å². The summed E-state index contributed by atoms with van der Waals surface area (Å²) in [7, 11) is 3.28. The molecule has 0 amide bonds. The highest BCUT2D eigenvalue weighted by atomic mass is 127. The second-order valence-electron chi connectivity index (χ2n) is 4.66. The molecule has 0 aliphatic heterocycles. The number of hydrogen-bond donors (Lipinski definition) is 2. The molecule has 0 aliphatic carbocycles. The summed E-state index contributed by atoms with van der Waals surface area (Å²) in [5.74, 6) is 3.46. The first-order valence-corrected chi connectivity index (χ1v) is 8.86. The lowest BCUT2D eigenvalue weighted by molar-refractivity contribution is 0.354. The summed E-state index contributed by atoms with van der Waals surface area (Å²) in [6.45, 7) is 4.44. The molecule has 1 rings (SSSR count). The van der Waals surface area contributed by atoms with Crippen LogP contribution in [-0.2, 0) is 6.54 Å². The number of hydrogen-bond acceptors (Lipinski definition) is 4. The van der Waals surface area contributed by atoms with E-state index in [0.29, 0.717) is 6.54 Å². The van der Waals surface area contributed by atoms with Crippen molar-refractivity contribution in [2.24, 2.45) is 4.99 Å². The van der Waals surface area contributed by atoms with Crippen LogP contribution in [0.15, 0.2) is 23.2 Å². The van der Waals surface area contributed by atoms with Crippen molar-refractivity contribution in [2.75, 3.05) is 39.3 Å². The van der Waals surface area contributed by atoms with Crippen molar-refractivity contribution in [3.05, 3.63) is 23.8 Å². The predicted octanol–water partition coefficient (Wildman–Crippen LogP) is 3.13. The Kier molecular flexibility index (Phi) is 13.1. The number of halogens is 1. The van der Waals surface area contributed by atoms with Gasteiger partial charge in [0.2, 0.25) is 0 Å². The maximum absolute atomic E-state index is 5.32. The molecule has 2 N–H and O–H groups in total. The zero-order valence-corrected chi connectivity index (χ0v) is 17.5. The average molecular weight is 453 g/mol. The van der Waals surface area contributed by atoms with Gasteiger partial charge in [-0.1, -0.05) is 6.07 Å². The third-order valence-corrected chi connectivity index (χ3v) is 3.73. The van der Waals surface area contributed by atoms with Gasteiger partial charge in [-0.3, -0.25) is 0 Å². The van der Waals surface area contributed by atoms with Crippen molar-refractivity contribution >= 4 is 41.7 Å². The molecule has 1 aromatic rings. The maximum Gasteiger partial charge on any atom is 0.191 e. The van der Waals surface area contributed by atoms with E-state index in [1.54, 1.807) is 14.2 Å². The van der Waals surface area contributed by atoms with E-state index in [1.165, 1.54) is 0 Å². The first kappa shape index (κ1) is 22.2. The molecule has 23 heavy (non-hydrogen) atoms. The number of nitrogens with one attached hydrogen (secondary N) is 2. The molecule has 0 saturated heterocycles. The van der Waals surface area contributed by atoms with Gasteiger partial charge in [0, 0.05) is 13.1 Å². The van der Waals surface area contributed by atoms with Crippen molar-refractivity contribution in [1.82, 2.24) is 10.6 Å². The van der Waals surface area contributed by atoms with Crippen LogP contribution in [0.2, 0.25) is 0 Å². The first-order valence-electron chi connectivity index (χ1n) is 7.47. The van der Waals surface area contributed by atoms with Gasteiger partial charge in [-0.15, -0.1) is 24.0 Å². The van der Waals surface area contributed by atoms with Crippen LogP contribution in [-0.4, -0.2) is 45.3 Å². The maximum atomic E-state index is 5.32. The van der Waals surface area contributed by atoms with E-state index in [0.717, 1.165) is 48.3 Å². The first-order chi connectivity index (χ1) is 10.7. The lowest BCUT2D eigenvalue weighted by Crippen LogP contribution is -2.37. The van der Waals surface area contributed by atoms with Crippen molar-refractivity contribution < 1.29 is 9.47 Å². The Bertz CT molecular complexity index is 473. The normalized spacial score (nSPS) is 10.7. The quantitative estimate of drug-likeness (QED) is 0.261. The van der Waals surface area contributed by atoms with Crippen molar-refractivity contribution in [1.29, 1.82) is 0 Å². The van der Waals surface area contributed by atoms with Crippen LogP contribution in [0.1, 0.15) is 18.9 Å². The molecule has 0 aromatic heterocycles. The molecular formula is C16H28IN3O2S. The van der Waals surface area contributed by atoms with Crippen LogP contribution in [0.3, 0.4) is 0 Å². The third kappa shape index (κ3) is 8.55. The summed E-state index contributed by atoms with van der Waals surface area (Å²) in [6, 6.07) is 5.87. The molecule has 0 spiro atoms. The SMILES string of the molecule is CCNC(=NCc1ccc(OC)c(OC)c1)NCCCSC.I. The van der Waals surface area contributed by atoms with E-state index >= 15 is 0 Å². The molecule has 0 heterocycles. The molecule has 132 valence electrons. The third-order valence-electron chi connectivity index (χ3n) is 3.03. The number of benzene rings is 1. The summed E-state index contributed by atoms with van der Waals surface area (Å²) in [5.41, 5.74) is 1.08. The summed E-state index contributed by atoms with van der Waals surface area (Å²) >= 11 is 1.86. The van der Waals surface area contributed by atoms with E-state index in [1.807, 2.05) is 30.0 Å². The van der Waals surface area contributed by atoms with Crippen molar-refractivity contribution in [3.63, 3.8) is 0 Å². The van der Waals surface area contributed by atoms with Crippen molar-refractivity contribution in [3.8, 4) is 11.5 Å². The van der Waals surface area contributed by atoms with Crippen LogP contribution < -0.4 is 20.1 Å². The number of guanidine groups is 1. The van der Waals surface area contributed by atoms with E-state index in [-0.39, 0.29) is 24.0 Å². The monoisotopic (exact) mass is 453 g/mol. The second kappa shape index (κ2) is 13.6. The highest BCUT2D eigenvalue weighted by molar-refractivity contribution is 14.0. The molecule has 0 aliphatic rings. The van der Waals surface area contributed by atoms with Gasteiger partial charge in [0.1, 0.15) is 0 Å². The van der Waals surface area contributed by atoms with Crippen LogP contribution >= 0.6 is 35.7 Å². The standard InChI is InChI=1S/C16H27N3O2S.HI/c1-5-17-16(18-9-6-10-22-4)19-12-13-7-8-14(20-2)15(11-13)21-3;/h7-8,11H,5-6,9-10,12H2,1-4H3,(H2,17,18,19);1H. The van der Waals surface area contributed by atoms with Gasteiger partial charge >= 0.3 is 0 Å². The van der Waals surface area contributed by atoms with E-state index < -0.39 is 0 Å². The van der Waals surface area contributed by atoms with Gasteiger partial charge in [0.15, 0.2) is 17.5 Å². The van der Waals surface area contributed by atoms with Crippen molar-refractivity contribution in [2.45, 2.75) is 19.9 Å². The summed E-state index contributed by atoms with van der Waals surface area (Å²) < 4.78 is 10.6. The van der Waals surface area contributed by atoms with E-state index in [4.69, 9.17) is 9.47 Å². The fourth-order valence-electron chi connectivity index (χ4n) is 1.91. The fourth-order valence-corrected chi connectivity index (χ4v) is 2.35. The summed E-state index contributed by atoms with van der Waals surface area (Å²) in [5, 5.41) is 6.60. The lowest BCUT2D eigenvalue weighted by atomic mass is 10.2. The Morgan fingerprint density at radius 2 is 1.91 bits per heavy atom. The Morgan fingerprint density at radius 1 is 1.17 bits per heavy atom. The topological polar surface area (TPSA) is 54.9 Å². The molecule has 0 fully saturated rings. The minimum Gasteiger partial charge on any atom is -0.493 e. The van der Waals surface area contributed by atoms with Gasteiger partial charge in [0.25, 0.3) is 0 Å². The zero-order chi connectivity index (χ0) is 16.2. The molecule has 0 radical (unpaired) electrons. The summed E-state index contributed by atoms with van der Waals surface area (Å²) in [4.78, 5) is 4.60. The zero-order valence-electron chi connectivity index (χ0n) is 14.3. The fraction of sp³-hybridized carbons (Fsp3) is 0.562. The number of rotatable bonds is 9. The van der Waals surface area contributed by atoms with Crippen LogP contribution in [0, 0.1) is 0 Å². The largest absolute Gasteiger partial charge is 0.493 e. The van der Waals surface area contributed by atoms with Gasteiger partial charge in [-0.2, -0.15) is 11.8 Å². The molecule has 0 unspecified atom stereocenters. The van der Waals surface area contributed by atoms with Crippen LogP contribution in [0.25, 0.3) is 0 Å².